The van der Waals surface area contributed by atoms with E-state index in [1.54, 1.807) is 0 Å². The Labute approximate surface area is 109 Å². The van der Waals surface area contributed by atoms with E-state index in [1.165, 1.54) is 37.9 Å². The van der Waals surface area contributed by atoms with Crippen molar-refractivity contribution >= 4 is 17.1 Å². The molecule has 0 unspecified atom stereocenters. The van der Waals surface area contributed by atoms with E-state index in [0.717, 1.165) is 10.4 Å². The van der Waals surface area contributed by atoms with Crippen molar-refractivity contribution in [2.24, 2.45) is 0 Å². The van der Waals surface area contributed by atoms with Crippen molar-refractivity contribution in [3.63, 3.8) is 0 Å². The van der Waals surface area contributed by atoms with Gasteiger partial charge in [0.1, 0.15) is 0 Å². The maximum atomic E-state index is 5.42. The molecule has 1 nitrogen and oxygen atoms in total. The number of nitrogens with zero attached hydrogens (tertiary/aromatic N) is 1. The Bertz CT molecular complexity index is 399. The van der Waals surface area contributed by atoms with Gasteiger partial charge in [0.2, 0.25) is 0 Å². The average Bonchev–Trinajstić information content (AvgIpc) is 2.38. The summed E-state index contributed by atoms with van der Waals surface area (Å²) in [4.78, 5) is 3.29. The second kappa shape index (κ2) is 5.97. The Morgan fingerprint density at radius 1 is 1.12 bits per heavy atom. The molecule has 0 saturated carbocycles. The molecule has 0 atom stereocenters. The molecule has 0 bridgehead atoms. The van der Waals surface area contributed by atoms with Crippen LogP contribution in [-0.4, -0.2) is 22.9 Å². The summed E-state index contributed by atoms with van der Waals surface area (Å²) in [5.74, 6) is 0. The van der Waals surface area contributed by atoms with E-state index in [2.05, 4.69) is 48.4 Å². The first-order valence-electron chi connectivity index (χ1n) is 6.29. The summed E-state index contributed by atoms with van der Waals surface area (Å²) in [5, 5.41) is 0. The van der Waals surface area contributed by atoms with Crippen LogP contribution in [0.4, 0.5) is 0 Å². The highest BCUT2D eigenvalue weighted by atomic mass is 32.1. The molecule has 0 N–H and O–H groups in total. The van der Waals surface area contributed by atoms with Gasteiger partial charge in [-0.05, 0) is 37.8 Å². The highest BCUT2D eigenvalue weighted by molar-refractivity contribution is 7.81. The number of thiocarbonyl (C=S) groups is 1. The van der Waals surface area contributed by atoms with Gasteiger partial charge >= 0.3 is 0 Å². The van der Waals surface area contributed by atoms with Gasteiger partial charge in [-0.15, -0.1) is 0 Å². The molecule has 0 spiro atoms. The van der Waals surface area contributed by atoms with Gasteiger partial charge in [-0.3, -0.25) is 0 Å². The van der Waals surface area contributed by atoms with Crippen LogP contribution in [0.15, 0.2) is 36.5 Å². The van der Waals surface area contributed by atoms with Gasteiger partial charge in [-0.2, -0.15) is 0 Å². The molecule has 1 fully saturated rings. The maximum Gasteiger partial charge on any atom is 0.0463 e. The van der Waals surface area contributed by atoms with Crippen molar-refractivity contribution in [2.45, 2.75) is 26.2 Å². The molecule has 0 radical (unpaired) electrons. The fourth-order valence-electron chi connectivity index (χ4n) is 2.05. The molecule has 0 aromatic heterocycles. The Morgan fingerprint density at radius 3 is 2.41 bits per heavy atom. The van der Waals surface area contributed by atoms with Crippen LogP contribution in [0.3, 0.4) is 0 Å². The van der Waals surface area contributed by atoms with E-state index in [0.29, 0.717) is 0 Å². The van der Waals surface area contributed by atoms with Crippen LogP contribution in [0.25, 0.3) is 0 Å². The third-order valence-electron chi connectivity index (χ3n) is 3.16. The van der Waals surface area contributed by atoms with Crippen LogP contribution < -0.4 is 0 Å². The molecule has 2 rings (SSSR count). The number of allylic oxidation sites excluding steroid dienone is 1. The summed E-state index contributed by atoms with van der Waals surface area (Å²) in [6.07, 6.45) is 8.20. The van der Waals surface area contributed by atoms with Gasteiger partial charge in [-0.1, -0.05) is 42.0 Å². The number of likely N-dealkylation sites (tertiary alicyclic amines) is 1. The van der Waals surface area contributed by atoms with Gasteiger partial charge in [0, 0.05) is 24.2 Å². The Morgan fingerprint density at radius 2 is 1.76 bits per heavy atom. The first kappa shape index (κ1) is 12.3. The number of hydrogen-bond donors (Lipinski definition) is 0. The first-order chi connectivity index (χ1) is 8.25. The van der Waals surface area contributed by atoms with Crippen LogP contribution in [0.2, 0.25) is 0 Å². The van der Waals surface area contributed by atoms with Crippen LogP contribution >= 0.6 is 12.2 Å². The molecule has 90 valence electrons. The molecule has 1 aromatic carbocycles. The fraction of sp³-hybridized carbons (Fsp3) is 0.400. The summed E-state index contributed by atoms with van der Waals surface area (Å²) in [6.45, 7) is 4.44. The third kappa shape index (κ3) is 3.67. The van der Waals surface area contributed by atoms with Crippen molar-refractivity contribution in [3.05, 3.63) is 47.7 Å². The number of hydrogen-bond acceptors (Lipinski definition) is 2. The molecule has 0 amide bonds. The lowest BCUT2D eigenvalue weighted by atomic mass is 10.1. The monoisotopic (exact) mass is 245 g/mol. The van der Waals surface area contributed by atoms with E-state index in [1.807, 2.05) is 0 Å². The van der Waals surface area contributed by atoms with Crippen molar-refractivity contribution in [1.29, 1.82) is 0 Å². The van der Waals surface area contributed by atoms with Crippen LogP contribution in [0.1, 0.15) is 30.4 Å². The highest BCUT2D eigenvalue weighted by Crippen LogP contribution is 2.10. The Kier molecular flexibility index (Phi) is 4.32. The summed E-state index contributed by atoms with van der Waals surface area (Å²) >= 11 is 5.42. The predicted octanol–water partition coefficient (Wildman–Crippen LogP) is 3.71. The van der Waals surface area contributed by atoms with Gasteiger partial charge in [-0.25, -0.2) is 0 Å². The van der Waals surface area contributed by atoms with E-state index in [9.17, 15) is 0 Å². The fourth-order valence-corrected chi connectivity index (χ4v) is 2.25. The predicted molar refractivity (Wildman–Crippen MR) is 77.4 cm³/mol. The molecule has 1 aliphatic rings. The number of piperidine rings is 1. The van der Waals surface area contributed by atoms with Crippen molar-refractivity contribution in [3.8, 4) is 0 Å². The van der Waals surface area contributed by atoms with Crippen molar-refractivity contribution in [2.75, 3.05) is 13.1 Å². The normalized spacial score (nSPS) is 16.4. The first-order valence-corrected chi connectivity index (χ1v) is 6.70. The molecule has 17 heavy (non-hydrogen) atoms. The van der Waals surface area contributed by atoms with Crippen molar-refractivity contribution in [1.82, 2.24) is 4.90 Å². The molecular formula is C15H19NS. The molecular weight excluding hydrogens is 226 g/mol. The smallest absolute Gasteiger partial charge is 0.0463 e. The maximum absolute atomic E-state index is 5.42. The molecule has 0 aliphatic carbocycles. The summed E-state index contributed by atoms with van der Waals surface area (Å²) in [5.41, 5.74) is 2.41. The summed E-state index contributed by atoms with van der Waals surface area (Å²) in [7, 11) is 0. The number of benzene rings is 1. The van der Waals surface area contributed by atoms with E-state index in [-0.39, 0.29) is 0 Å². The number of aryl methyl sites for hydroxylation is 1. The third-order valence-corrected chi connectivity index (χ3v) is 3.54. The zero-order chi connectivity index (χ0) is 12.1. The zero-order valence-electron chi connectivity index (χ0n) is 10.4. The molecule has 1 aromatic rings. The minimum atomic E-state index is 0.926. The Balaban J connectivity index is 1.96. The zero-order valence-corrected chi connectivity index (χ0v) is 11.2. The standard InChI is InChI=1S/C15H19NS/c1-13-5-7-14(8-6-13)15(17)9-12-16-10-3-2-4-11-16/h5-9,12H,2-4,10-11H2,1H3. The lowest BCUT2D eigenvalue weighted by molar-refractivity contribution is 0.310. The second-order valence-electron chi connectivity index (χ2n) is 4.64. The highest BCUT2D eigenvalue weighted by Gasteiger charge is 2.05. The average molecular weight is 245 g/mol. The van der Waals surface area contributed by atoms with Crippen LogP contribution in [0, 0.1) is 6.92 Å². The summed E-state index contributed by atoms with van der Waals surface area (Å²) < 4.78 is 0. The van der Waals surface area contributed by atoms with Gasteiger partial charge in [0.25, 0.3) is 0 Å². The number of rotatable bonds is 3. The van der Waals surface area contributed by atoms with E-state index < -0.39 is 0 Å². The largest absolute Gasteiger partial charge is 0.377 e. The summed E-state index contributed by atoms with van der Waals surface area (Å²) in [6, 6.07) is 8.41. The minimum Gasteiger partial charge on any atom is -0.377 e. The lowest BCUT2D eigenvalue weighted by Crippen LogP contribution is -2.24. The minimum absolute atomic E-state index is 0.926. The topological polar surface area (TPSA) is 3.24 Å². The van der Waals surface area contributed by atoms with E-state index in [4.69, 9.17) is 12.2 Å². The van der Waals surface area contributed by atoms with Gasteiger partial charge < -0.3 is 4.90 Å². The van der Waals surface area contributed by atoms with E-state index >= 15 is 0 Å². The van der Waals surface area contributed by atoms with Crippen LogP contribution in [-0.2, 0) is 0 Å². The molecule has 1 heterocycles. The van der Waals surface area contributed by atoms with Crippen LogP contribution in [0.5, 0.6) is 0 Å². The second-order valence-corrected chi connectivity index (χ2v) is 5.08. The molecule has 1 saturated heterocycles. The van der Waals surface area contributed by atoms with Gasteiger partial charge in [0.15, 0.2) is 0 Å². The SMILES string of the molecule is Cc1ccc(C(=S)C=CN2CCCCC2)cc1. The lowest BCUT2D eigenvalue weighted by Gasteiger charge is -2.24. The molecule has 1 aliphatic heterocycles. The quantitative estimate of drug-likeness (QED) is 0.454. The van der Waals surface area contributed by atoms with Gasteiger partial charge in [0.05, 0.1) is 0 Å². The Hall–Kier alpha value is -1.15. The van der Waals surface area contributed by atoms with Crippen molar-refractivity contribution < 1.29 is 0 Å². The molecule has 2 heteroatoms.